The molecule has 1 aromatic heterocycles. The average molecular weight is 316 g/mol. The molecule has 1 aromatic carbocycles. The summed E-state index contributed by atoms with van der Waals surface area (Å²) in [7, 11) is 1.40. The molecule has 0 aliphatic heterocycles. The van der Waals surface area contributed by atoms with Crippen LogP contribution in [0.25, 0.3) is 0 Å². The van der Waals surface area contributed by atoms with Gasteiger partial charge in [-0.25, -0.2) is 0 Å². The van der Waals surface area contributed by atoms with E-state index in [0.29, 0.717) is 0 Å². The molecule has 0 aliphatic rings. The van der Waals surface area contributed by atoms with Crippen molar-refractivity contribution >= 4 is 5.97 Å². The van der Waals surface area contributed by atoms with Crippen LogP contribution >= 0.6 is 0 Å². The number of methoxy groups -OCH3 is 1. The van der Waals surface area contributed by atoms with Crippen molar-refractivity contribution in [2.45, 2.75) is 32.2 Å². The second-order valence-corrected chi connectivity index (χ2v) is 5.44. The van der Waals surface area contributed by atoms with Crippen molar-refractivity contribution in [3.05, 3.63) is 47.8 Å². The first-order chi connectivity index (χ1) is 11.3. The third-order valence-corrected chi connectivity index (χ3v) is 3.69. The zero-order valence-corrected chi connectivity index (χ0v) is 13.6. The van der Waals surface area contributed by atoms with Crippen LogP contribution in [-0.4, -0.2) is 41.2 Å². The molecule has 6 heteroatoms. The molecule has 0 spiro atoms. The van der Waals surface area contributed by atoms with Gasteiger partial charge in [0.1, 0.15) is 0 Å². The summed E-state index contributed by atoms with van der Waals surface area (Å²) in [6.07, 6.45) is 7.82. The fourth-order valence-electron chi connectivity index (χ4n) is 2.32. The maximum atomic E-state index is 11.0. The number of rotatable bonds is 10. The number of nitrogens with zero attached hydrogens (tertiary/aromatic N) is 3. The molecular weight excluding hydrogens is 292 g/mol. The standard InChI is InChI=1S/C17H24N4O2/c1-23-17(22)14-18-10-9-16-7-5-15(6-8-16)4-2-3-12-21-13-11-19-20-21/h5-8,11,13,18H,2-4,9-10,12,14H2,1H3. The smallest absolute Gasteiger partial charge is 0.319 e. The summed E-state index contributed by atoms with van der Waals surface area (Å²) in [5, 5.41) is 10.8. The Kier molecular flexibility index (Phi) is 7.26. The lowest BCUT2D eigenvalue weighted by atomic mass is 10.0. The number of esters is 1. The molecule has 1 heterocycles. The van der Waals surface area contributed by atoms with E-state index in [0.717, 1.165) is 38.8 Å². The van der Waals surface area contributed by atoms with Crippen molar-refractivity contribution in [1.82, 2.24) is 20.3 Å². The van der Waals surface area contributed by atoms with Crippen molar-refractivity contribution in [2.75, 3.05) is 20.2 Å². The van der Waals surface area contributed by atoms with E-state index in [1.807, 2.05) is 10.9 Å². The molecule has 0 bridgehead atoms. The Morgan fingerprint density at radius 3 is 2.57 bits per heavy atom. The third kappa shape index (κ3) is 6.61. The van der Waals surface area contributed by atoms with Gasteiger partial charge in [-0.1, -0.05) is 29.5 Å². The summed E-state index contributed by atoms with van der Waals surface area (Å²) in [6.45, 7) is 1.96. The number of carbonyl (C=O) groups is 1. The molecule has 2 rings (SSSR count). The number of carbonyl (C=O) groups excluding carboxylic acids is 1. The van der Waals surface area contributed by atoms with Gasteiger partial charge in [0.15, 0.2) is 0 Å². The number of unbranched alkanes of at least 4 members (excludes halogenated alkanes) is 1. The van der Waals surface area contributed by atoms with Crippen LogP contribution < -0.4 is 5.32 Å². The van der Waals surface area contributed by atoms with Gasteiger partial charge in [0.2, 0.25) is 0 Å². The number of hydrogen-bond donors (Lipinski definition) is 1. The lowest BCUT2D eigenvalue weighted by molar-refractivity contribution is -0.139. The number of aromatic nitrogens is 3. The van der Waals surface area contributed by atoms with Gasteiger partial charge in [-0.2, -0.15) is 0 Å². The van der Waals surface area contributed by atoms with E-state index in [-0.39, 0.29) is 12.5 Å². The van der Waals surface area contributed by atoms with E-state index in [4.69, 9.17) is 0 Å². The van der Waals surface area contributed by atoms with Gasteiger partial charge in [0.25, 0.3) is 0 Å². The average Bonchev–Trinajstić information content (AvgIpc) is 3.10. The quantitative estimate of drug-likeness (QED) is 0.533. The summed E-state index contributed by atoms with van der Waals surface area (Å²) < 4.78 is 6.44. The van der Waals surface area contributed by atoms with Gasteiger partial charge >= 0.3 is 5.97 Å². The summed E-state index contributed by atoms with van der Waals surface area (Å²) in [4.78, 5) is 11.0. The molecule has 0 unspecified atom stereocenters. The molecule has 0 radical (unpaired) electrons. The topological polar surface area (TPSA) is 69.0 Å². The molecule has 0 atom stereocenters. The summed E-state index contributed by atoms with van der Waals surface area (Å²) >= 11 is 0. The maximum Gasteiger partial charge on any atom is 0.319 e. The second kappa shape index (κ2) is 9.74. The van der Waals surface area contributed by atoms with Crippen LogP contribution in [0, 0.1) is 0 Å². The van der Waals surface area contributed by atoms with Gasteiger partial charge in [-0.15, -0.1) is 5.10 Å². The Morgan fingerprint density at radius 1 is 1.17 bits per heavy atom. The van der Waals surface area contributed by atoms with Crippen LogP contribution in [-0.2, 0) is 28.9 Å². The number of nitrogens with one attached hydrogen (secondary N) is 1. The van der Waals surface area contributed by atoms with Gasteiger partial charge < -0.3 is 10.1 Å². The predicted octanol–water partition coefficient (Wildman–Crippen LogP) is 1.61. The first-order valence-corrected chi connectivity index (χ1v) is 7.97. The summed E-state index contributed by atoms with van der Waals surface area (Å²) in [6, 6.07) is 8.69. The number of hydrogen-bond acceptors (Lipinski definition) is 5. The van der Waals surface area contributed by atoms with Crippen molar-refractivity contribution in [3.63, 3.8) is 0 Å². The molecule has 0 saturated carbocycles. The molecule has 2 aromatic rings. The first kappa shape index (κ1) is 17.1. The van der Waals surface area contributed by atoms with Gasteiger partial charge in [-0.3, -0.25) is 9.48 Å². The molecule has 124 valence electrons. The highest BCUT2D eigenvalue weighted by Crippen LogP contribution is 2.09. The molecule has 23 heavy (non-hydrogen) atoms. The van der Waals surface area contributed by atoms with Crippen molar-refractivity contribution in [2.24, 2.45) is 0 Å². The highest BCUT2D eigenvalue weighted by molar-refractivity contribution is 5.71. The van der Waals surface area contributed by atoms with Crippen LogP contribution in [0.5, 0.6) is 0 Å². The lowest BCUT2D eigenvalue weighted by Crippen LogP contribution is -2.25. The molecule has 0 saturated heterocycles. The van der Waals surface area contributed by atoms with Crippen molar-refractivity contribution in [3.8, 4) is 0 Å². The van der Waals surface area contributed by atoms with Crippen molar-refractivity contribution < 1.29 is 9.53 Å². The molecular formula is C17H24N4O2. The highest BCUT2D eigenvalue weighted by atomic mass is 16.5. The molecule has 6 nitrogen and oxygen atoms in total. The Balaban J connectivity index is 1.61. The Morgan fingerprint density at radius 2 is 1.91 bits per heavy atom. The summed E-state index contributed by atoms with van der Waals surface area (Å²) in [5.74, 6) is -0.230. The van der Waals surface area contributed by atoms with E-state index in [2.05, 4.69) is 44.6 Å². The molecule has 0 amide bonds. The van der Waals surface area contributed by atoms with Crippen LogP contribution in [0.4, 0.5) is 0 Å². The van der Waals surface area contributed by atoms with Crippen molar-refractivity contribution in [1.29, 1.82) is 0 Å². The predicted molar refractivity (Wildman–Crippen MR) is 88.0 cm³/mol. The maximum absolute atomic E-state index is 11.0. The Bertz CT molecular complexity index is 567. The number of benzene rings is 1. The van der Waals surface area contributed by atoms with Crippen LogP contribution in [0.15, 0.2) is 36.7 Å². The van der Waals surface area contributed by atoms with Gasteiger partial charge in [0.05, 0.1) is 19.9 Å². The number of aryl methyl sites for hydroxylation is 2. The zero-order chi connectivity index (χ0) is 16.3. The van der Waals surface area contributed by atoms with Gasteiger partial charge in [-0.05, 0) is 43.4 Å². The normalized spacial score (nSPS) is 10.7. The fourth-order valence-corrected chi connectivity index (χ4v) is 2.32. The lowest BCUT2D eigenvalue weighted by Gasteiger charge is -2.06. The minimum absolute atomic E-state index is 0.230. The molecule has 1 N–H and O–H groups in total. The van der Waals surface area contributed by atoms with E-state index >= 15 is 0 Å². The first-order valence-electron chi connectivity index (χ1n) is 7.97. The largest absolute Gasteiger partial charge is 0.468 e. The van der Waals surface area contributed by atoms with E-state index in [9.17, 15) is 4.79 Å². The van der Waals surface area contributed by atoms with Crippen LogP contribution in [0.1, 0.15) is 24.0 Å². The fraction of sp³-hybridized carbons (Fsp3) is 0.471. The van der Waals surface area contributed by atoms with E-state index in [1.54, 1.807) is 6.20 Å². The zero-order valence-electron chi connectivity index (χ0n) is 13.6. The monoisotopic (exact) mass is 316 g/mol. The number of ether oxygens (including phenoxy) is 1. The third-order valence-electron chi connectivity index (χ3n) is 3.69. The van der Waals surface area contributed by atoms with Crippen LogP contribution in [0.2, 0.25) is 0 Å². The minimum Gasteiger partial charge on any atom is -0.468 e. The van der Waals surface area contributed by atoms with Gasteiger partial charge in [0, 0.05) is 12.7 Å². The molecule has 0 aliphatic carbocycles. The SMILES string of the molecule is COC(=O)CNCCc1ccc(CCCCn2ccnn2)cc1. The van der Waals surface area contributed by atoms with Crippen LogP contribution in [0.3, 0.4) is 0 Å². The second-order valence-electron chi connectivity index (χ2n) is 5.44. The Labute approximate surface area is 136 Å². The Hall–Kier alpha value is -2.21. The highest BCUT2D eigenvalue weighted by Gasteiger charge is 2.00. The van der Waals surface area contributed by atoms with E-state index in [1.165, 1.54) is 18.2 Å². The summed E-state index contributed by atoms with van der Waals surface area (Å²) in [5.41, 5.74) is 2.63. The molecule has 0 fully saturated rings. The van der Waals surface area contributed by atoms with E-state index < -0.39 is 0 Å². The minimum atomic E-state index is -0.230.